The van der Waals surface area contributed by atoms with Gasteiger partial charge >= 0.3 is 12.1 Å². The summed E-state index contributed by atoms with van der Waals surface area (Å²) in [6.07, 6.45) is -0.0838. The minimum Gasteiger partial charge on any atom is -0.480 e. The summed E-state index contributed by atoms with van der Waals surface area (Å²) < 4.78 is 10.6. The number of aliphatic carboxylic acids is 1. The zero-order valence-electron chi connectivity index (χ0n) is 17.8. The van der Waals surface area contributed by atoms with Gasteiger partial charge in [0.05, 0.1) is 0 Å². The number of hydrogen-bond donors (Lipinski definition) is 2. The number of fused-ring (bicyclic) bond motifs is 3. The lowest BCUT2D eigenvalue weighted by molar-refractivity contribution is -0.158. The number of hydrogen-bond acceptors (Lipinski definition) is 5. The number of nitrogens with zero attached hydrogens (tertiary/aromatic N) is 1. The van der Waals surface area contributed by atoms with Crippen molar-refractivity contribution in [3.05, 3.63) is 59.7 Å². The van der Waals surface area contributed by atoms with Gasteiger partial charge in [0.15, 0.2) is 0 Å². The Hall–Kier alpha value is -3.39. The Morgan fingerprint density at radius 2 is 1.72 bits per heavy atom. The summed E-state index contributed by atoms with van der Waals surface area (Å²) in [5.74, 6) is -1.57. The maximum atomic E-state index is 12.8. The van der Waals surface area contributed by atoms with Gasteiger partial charge in [-0.2, -0.15) is 0 Å². The number of nitrogens with one attached hydrogen (secondary N) is 1. The van der Waals surface area contributed by atoms with E-state index >= 15 is 0 Å². The van der Waals surface area contributed by atoms with Crippen molar-refractivity contribution in [1.29, 1.82) is 0 Å². The van der Waals surface area contributed by atoms with Gasteiger partial charge in [0, 0.05) is 32.6 Å². The molecule has 2 aliphatic rings. The number of ether oxygens (including phenoxy) is 2. The zero-order chi connectivity index (χ0) is 22.7. The van der Waals surface area contributed by atoms with E-state index in [-0.39, 0.29) is 25.6 Å². The normalized spacial score (nSPS) is 17.7. The van der Waals surface area contributed by atoms with Crippen molar-refractivity contribution in [2.24, 2.45) is 0 Å². The van der Waals surface area contributed by atoms with E-state index in [0.29, 0.717) is 13.0 Å². The number of carboxylic acid groups (broad SMARTS) is 1. The molecule has 1 fully saturated rings. The number of carbonyl (C=O) groups is 3. The average Bonchev–Trinajstić information content (AvgIpc) is 3.07. The molecule has 2 amide bonds. The Labute approximate surface area is 186 Å². The number of likely N-dealkylation sites (tertiary alicyclic amines) is 1. The molecule has 0 saturated carbocycles. The van der Waals surface area contributed by atoms with Crippen LogP contribution in [0.2, 0.25) is 0 Å². The fourth-order valence-electron chi connectivity index (χ4n) is 4.38. The Bertz CT molecular complexity index is 978. The number of methoxy groups -OCH3 is 1. The minimum atomic E-state index is -1.05. The molecule has 4 rings (SSSR count). The van der Waals surface area contributed by atoms with Crippen LogP contribution in [-0.2, 0) is 19.1 Å². The molecule has 2 unspecified atom stereocenters. The van der Waals surface area contributed by atoms with Crippen molar-refractivity contribution in [2.75, 3.05) is 26.9 Å². The lowest BCUT2D eigenvalue weighted by Gasteiger charge is -2.40. The van der Waals surface area contributed by atoms with Crippen LogP contribution in [0.4, 0.5) is 4.79 Å². The molecule has 2 aromatic rings. The van der Waals surface area contributed by atoms with Crippen LogP contribution < -0.4 is 5.32 Å². The van der Waals surface area contributed by atoms with Gasteiger partial charge in [-0.05, 0) is 28.7 Å². The number of carboxylic acids is 1. The highest BCUT2D eigenvalue weighted by Crippen LogP contribution is 2.44. The predicted octanol–water partition coefficient (Wildman–Crippen LogP) is 2.62. The fourth-order valence-corrected chi connectivity index (χ4v) is 4.38. The quantitative estimate of drug-likeness (QED) is 0.657. The molecule has 8 heteroatoms. The first-order chi connectivity index (χ1) is 15.5. The van der Waals surface area contributed by atoms with Crippen LogP contribution in [0.15, 0.2) is 48.5 Å². The molecule has 32 heavy (non-hydrogen) atoms. The van der Waals surface area contributed by atoms with Crippen molar-refractivity contribution in [3.8, 4) is 11.1 Å². The van der Waals surface area contributed by atoms with Gasteiger partial charge < -0.3 is 24.8 Å². The third-order valence-corrected chi connectivity index (χ3v) is 6.13. The van der Waals surface area contributed by atoms with Gasteiger partial charge in [-0.25, -0.2) is 9.59 Å². The number of rotatable bonds is 8. The van der Waals surface area contributed by atoms with Crippen LogP contribution in [0.1, 0.15) is 29.9 Å². The first-order valence-corrected chi connectivity index (χ1v) is 10.6. The van der Waals surface area contributed by atoms with Crippen LogP contribution in [0.25, 0.3) is 11.1 Å². The third-order valence-electron chi connectivity index (χ3n) is 6.13. The summed E-state index contributed by atoms with van der Waals surface area (Å²) in [6.45, 7) is 0.726. The molecule has 2 aromatic carbocycles. The number of benzene rings is 2. The third kappa shape index (κ3) is 4.18. The highest BCUT2D eigenvalue weighted by Gasteiger charge is 2.40. The summed E-state index contributed by atoms with van der Waals surface area (Å²) >= 11 is 0. The summed E-state index contributed by atoms with van der Waals surface area (Å²) in [5, 5.41) is 11.8. The topological polar surface area (TPSA) is 105 Å². The van der Waals surface area contributed by atoms with Crippen LogP contribution in [-0.4, -0.2) is 66.9 Å². The Morgan fingerprint density at radius 3 is 2.25 bits per heavy atom. The van der Waals surface area contributed by atoms with Gasteiger partial charge in [0.1, 0.15) is 18.7 Å². The predicted molar refractivity (Wildman–Crippen MR) is 116 cm³/mol. The van der Waals surface area contributed by atoms with E-state index in [1.807, 2.05) is 36.4 Å². The van der Waals surface area contributed by atoms with Crippen LogP contribution in [0.3, 0.4) is 0 Å². The smallest absolute Gasteiger partial charge is 0.407 e. The monoisotopic (exact) mass is 438 g/mol. The van der Waals surface area contributed by atoms with Crippen molar-refractivity contribution in [1.82, 2.24) is 10.2 Å². The lowest BCUT2D eigenvalue weighted by Crippen LogP contribution is -2.60. The van der Waals surface area contributed by atoms with E-state index in [0.717, 1.165) is 22.3 Å². The van der Waals surface area contributed by atoms with Crippen molar-refractivity contribution in [3.63, 3.8) is 0 Å². The molecule has 0 bridgehead atoms. The van der Waals surface area contributed by atoms with Gasteiger partial charge in [0.2, 0.25) is 5.91 Å². The summed E-state index contributed by atoms with van der Waals surface area (Å²) in [4.78, 5) is 37.9. The molecule has 1 aliphatic carbocycles. The van der Waals surface area contributed by atoms with Crippen LogP contribution in [0, 0.1) is 0 Å². The largest absolute Gasteiger partial charge is 0.480 e. The summed E-state index contributed by atoms with van der Waals surface area (Å²) in [7, 11) is 1.50. The molecule has 168 valence electrons. The Kier molecular flexibility index (Phi) is 6.41. The van der Waals surface area contributed by atoms with E-state index in [9.17, 15) is 19.5 Å². The molecule has 8 nitrogen and oxygen atoms in total. The second-order valence-corrected chi connectivity index (χ2v) is 7.98. The lowest BCUT2D eigenvalue weighted by atomic mass is 9.98. The van der Waals surface area contributed by atoms with Gasteiger partial charge in [-0.15, -0.1) is 0 Å². The molecule has 1 heterocycles. The van der Waals surface area contributed by atoms with Gasteiger partial charge in [-0.3, -0.25) is 4.79 Å². The zero-order valence-corrected chi connectivity index (χ0v) is 17.8. The summed E-state index contributed by atoms with van der Waals surface area (Å²) in [5.41, 5.74) is 4.45. The molecule has 1 saturated heterocycles. The van der Waals surface area contributed by atoms with Gasteiger partial charge in [-0.1, -0.05) is 48.5 Å². The Balaban J connectivity index is 1.42. The van der Waals surface area contributed by atoms with E-state index in [1.54, 1.807) is 0 Å². The van der Waals surface area contributed by atoms with Crippen molar-refractivity contribution >= 4 is 18.0 Å². The molecule has 0 radical (unpaired) electrons. The minimum absolute atomic E-state index is 0.0898. The average molecular weight is 438 g/mol. The van der Waals surface area contributed by atoms with E-state index in [1.165, 1.54) is 12.0 Å². The Morgan fingerprint density at radius 1 is 1.09 bits per heavy atom. The van der Waals surface area contributed by atoms with E-state index < -0.39 is 30.1 Å². The molecular weight excluding hydrogens is 412 g/mol. The van der Waals surface area contributed by atoms with Crippen molar-refractivity contribution in [2.45, 2.75) is 30.8 Å². The second kappa shape index (κ2) is 9.40. The molecular formula is C24H26N2O6. The first-order valence-electron chi connectivity index (χ1n) is 10.6. The number of carbonyl (C=O) groups excluding carboxylic acids is 2. The molecule has 2 N–H and O–H groups in total. The highest BCUT2D eigenvalue weighted by molar-refractivity contribution is 5.90. The maximum absolute atomic E-state index is 12.8. The van der Waals surface area contributed by atoms with Crippen molar-refractivity contribution < 1.29 is 29.0 Å². The number of amides is 2. The van der Waals surface area contributed by atoms with Gasteiger partial charge in [0.25, 0.3) is 0 Å². The van der Waals surface area contributed by atoms with E-state index in [4.69, 9.17) is 9.47 Å². The first kappa shape index (κ1) is 21.8. The molecule has 0 aromatic heterocycles. The SMILES string of the molecule is COCCC(NC(=O)OCC1c2ccccc2-c2ccccc21)C(=O)N1CCC1C(=O)O. The second-order valence-electron chi connectivity index (χ2n) is 7.98. The molecule has 2 atom stereocenters. The number of alkyl carbamates (subject to hydrolysis) is 1. The van der Waals surface area contributed by atoms with Crippen LogP contribution >= 0.6 is 0 Å². The summed E-state index contributed by atoms with van der Waals surface area (Å²) in [6, 6.07) is 14.3. The van der Waals surface area contributed by atoms with Crippen LogP contribution in [0.5, 0.6) is 0 Å². The van der Waals surface area contributed by atoms with E-state index in [2.05, 4.69) is 17.4 Å². The molecule has 1 aliphatic heterocycles. The molecule has 0 spiro atoms. The fraction of sp³-hybridized carbons (Fsp3) is 0.375. The highest BCUT2D eigenvalue weighted by atomic mass is 16.5. The maximum Gasteiger partial charge on any atom is 0.407 e. The standard InChI is InChI=1S/C24H26N2O6/c1-31-13-11-20(22(27)26-12-10-21(26)23(28)29)25-24(30)32-14-19-17-8-4-2-6-15(17)16-7-3-5-9-18(16)19/h2-9,19-21H,10-14H2,1H3,(H,25,30)(H,28,29).